The van der Waals surface area contributed by atoms with Crippen LogP contribution in [-0.4, -0.2) is 27.7 Å². The molecule has 1 aliphatic carbocycles. The minimum Gasteiger partial charge on any atom is -0.392 e. The van der Waals surface area contributed by atoms with Gasteiger partial charge in [-0.2, -0.15) is 0 Å². The predicted molar refractivity (Wildman–Crippen MR) is 67.6 cm³/mol. The maximum Gasteiger partial charge on any atom is 0.136 e. The molecule has 0 aromatic heterocycles. The fraction of sp³-hybridized carbons (Fsp3) is 0.786. The summed E-state index contributed by atoms with van der Waals surface area (Å²) in [5.41, 5.74) is -0.819. The third-order valence-electron chi connectivity index (χ3n) is 3.38. The van der Waals surface area contributed by atoms with Gasteiger partial charge in [0, 0.05) is 18.8 Å². The number of hydrogen-bond acceptors (Lipinski definition) is 3. The Morgan fingerprint density at radius 2 is 2.12 bits per heavy atom. The molecule has 0 aromatic carbocycles. The van der Waals surface area contributed by atoms with E-state index in [0.29, 0.717) is 6.42 Å². The zero-order valence-electron chi connectivity index (χ0n) is 10.9. The molecule has 1 saturated carbocycles. The van der Waals surface area contributed by atoms with E-state index in [0.717, 1.165) is 25.7 Å². The van der Waals surface area contributed by atoms with E-state index in [9.17, 15) is 15.0 Å². The van der Waals surface area contributed by atoms with E-state index in [4.69, 9.17) is 0 Å². The molecule has 1 unspecified atom stereocenters. The number of aliphatic hydroxyl groups is 2. The molecule has 0 bridgehead atoms. The Bertz CT molecular complexity index is 281. The van der Waals surface area contributed by atoms with Crippen LogP contribution in [0.1, 0.15) is 52.4 Å². The highest BCUT2D eigenvalue weighted by molar-refractivity contribution is 5.81. The molecule has 1 aliphatic rings. The van der Waals surface area contributed by atoms with Crippen LogP contribution in [0.3, 0.4) is 0 Å². The number of aliphatic hydroxyl groups excluding tert-OH is 1. The van der Waals surface area contributed by atoms with Gasteiger partial charge in [-0.1, -0.05) is 38.3 Å². The molecule has 2 N–H and O–H groups in total. The fourth-order valence-electron chi connectivity index (χ4n) is 2.21. The average molecular weight is 240 g/mol. The van der Waals surface area contributed by atoms with Gasteiger partial charge in [0.05, 0.1) is 11.7 Å². The summed E-state index contributed by atoms with van der Waals surface area (Å²) in [5, 5.41) is 19.7. The van der Waals surface area contributed by atoms with Crippen molar-refractivity contribution in [1.29, 1.82) is 0 Å². The number of carbonyl (C=O) groups excluding carboxylic acids is 1. The molecule has 0 spiro atoms. The zero-order valence-corrected chi connectivity index (χ0v) is 10.9. The quantitative estimate of drug-likeness (QED) is 0.553. The van der Waals surface area contributed by atoms with Crippen LogP contribution in [-0.2, 0) is 4.79 Å². The lowest BCUT2D eigenvalue weighted by atomic mass is 9.95. The highest BCUT2D eigenvalue weighted by Crippen LogP contribution is 2.25. The normalized spacial score (nSPS) is 28.8. The van der Waals surface area contributed by atoms with Crippen LogP contribution in [0.4, 0.5) is 0 Å². The average Bonchev–Trinajstić information content (AvgIpc) is 2.55. The van der Waals surface area contributed by atoms with E-state index >= 15 is 0 Å². The van der Waals surface area contributed by atoms with Crippen LogP contribution < -0.4 is 0 Å². The van der Waals surface area contributed by atoms with Crippen LogP contribution in [0.2, 0.25) is 0 Å². The highest BCUT2D eigenvalue weighted by Gasteiger charge is 2.30. The number of rotatable bonds is 6. The molecule has 1 rings (SSSR count). The summed E-state index contributed by atoms with van der Waals surface area (Å²) in [5.74, 6) is -0.00192. The first-order valence-corrected chi connectivity index (χ1v) is 6.56. The molecular weight excluding hydrogens is 216 g/mol. The van der Waals surface area contributed by atoms with Gasteiger partial charge >= 0.3 is 0 Å². The molecule has 3 nitrogen and oxygen atoms in total. The first-order chi connectivity index (χ1) is 7.94. The Morgan fingerprint density at radius 1 is 1.41 bits per heavy atom. The van der Waals surface area contributed by atoms with E-state index in [1.165, 1.54) is 0 Å². The molecule has 1 fully saturated rings. The second-order valence-corrected chi connectivity index (χ2v) is 5.35. The van der Waals surface area contributed by atoms with Crippen molar-refractivity contribution in [3.8, 4) is 0 Å². The van der Waals surface area contributed by atoms with Gasteiger partial charge in [-0.15, -0.1) is 0 Å². The van der Waals surface area contributed by atoms with E-state index in [1.54, 1.807) is 13.0 Å². The molecule has 3 atom stereocenters. The smallest absolute Gasteiger partial charge is 0.136 e. The van der Waals surface area contributed by atoms with Crippen molar-refractivity contribution >= 4 is 5.78 Å². The Hall–Kier alpha value is -0.670. The number of ketones is 1. The van der Waals surface area contributed by atoms with Crippen molar-refractivity contribution in [1.82, 2.24) is 0 Å². The monoisotopic (exact) mass is 240 g/mol. The third kappa shape index (κ3) is 5.00. The summed E-state index contributed by atoms with van der Waals surface area (Å²) in [4.78, 5) is 11.1. The molecule has 0 radical (unpaired) electrons. The Morgan fingerprint density at radius 3 is 2.65 bits per heavy atom. The van der Waals surface area contributed by atoms with E-state index in [-0.39, 0.29) is 18.1 Å². The first kappa shape index (κ1) is 14.4. The van der Waals surface area contributed by atoms with Crippen molar-refractivity contribution in [3.63, 3.8) is 0 Å². The van der Waals surface area contributed by atoms with Crippen LogP contribution in [0.15, 0.2) is 12.2 Å². The summed E-state index contributed by atoms with van der Waals surface area (Å²) in [6.45, 7) is 3.91. The molecule has 0 aromatic rings. The van der Waals surface area contributed by atoms with Gasteiger partial charge in [-0.3, -0.25) is 4.79 Å². The zero-order chi connectivity index (χ0) is 12.9. The topological polar surface area (TPSA) is 57.5 Å². The van der Waals surface area contributed by atoms with Gasteiger partial charge in [-0.05, 0) is 13.3 Å². The van der Waals surface area contributed by atoms with Crippen LogP contribution in [0, 0.1) is 5.92 Å². The second kappa shape index (κ2) is 6.31. The largest absolute Gasteiger partial charge is 0.392 e. The van der Waals surface area contributed by atoms with Crippen LogP contribution in [0.25, 0.3) is 0 Å². The van der Waals surface area contributed by atoms with Crippen LogP contribution in [0.5, 0.6) is 0 Å². The summed E-state index contributed by atoms with van der Waals surface area (Å²) < 4.78 is 0. The summed E-state index contributed by atoms with van der Waals surface area (Å²) >= 11 is 0. The summed E-state index contributed by atoms with van der Waals surface area (Å²) in [7, 11) is 0. The lowest BCUT2D eigenvalue weighted by molar-refractivity contribution is -0.117. The fourth-order valence-corrected chi connectivity index (χ4v) is 2.21. The van der Waals surface area contributed by atoms with Crippen molar-refractivity contribution in [2.24, 2.45) is 5.92 Å². The van der Waals surface area contributed by atoms with Gasteiger partial charge < -0.3 is 10.2 Å². The minimum absolute atomic E-state index is 0.109. The molecule has 0 amide bonds. The minimum atomic E-state index is -0.819. The molecule has 98 valence electrons. The molecule has 0 aliphatic heterocycles. The molecule has 0 heterocycles. The van der Waals surface area contributed by atoms with Gasteiger partial charge in [0.15, 0.2) is 0 Å². The van der Waals surface area contributed by atoms with E-state index in [2.05, 4.69) is 6.92 Å². The number of Topliss-reactive ketones (excluding diaryl/α,β-unsaturated/α-hetero) is 1. The number of hydrogen-bond donors (Lipinski definition) is 2. The second-order valence-electron chi connectivity index (χ2n) is 5.35. The van der Waals surface area contributed by atoms with E-state index < -0.39 is 11.7 Å². The van der Waals surface area contributed by atoms with Gasteiger partial charge in [0.25, 0.3) is 0 Å². The van der Waals surface area contributed by atoms with Crippen molar-refractivity contribution < 1.29 is 15.0 Å². The van der Waals surface area contributed by atoms with Gasteiger partial charge in [0.2, 0.25) is 0 Å². The highest BCUT2D eigenvalue weighted by atomic mass is 16.3. The third-order valence-corrected chi connectivity index (χ3v) is 3.38. The maximum absolute atomic E-state index is 11.1. The first-order valence-electron chi connectivity index (χ1n) is 6.56. The SMILES string of the molecule is CCCCC[C@@](C)(O)/C=C/[C@@H]1CC(=O)CC1O. The van der Waals surface area contributed by atoms with Crippen molar-refractivity contribution in [3.05, 3.63) is 12.2 Å². The maximum atomic E-state index is 11.1. The Balaban J connectivity index is 2.43. The lowest BCUT2D eigenvalue weighted by Crippen LogP contribution is -2.21. The predicted octanol–water partition coefficient (Wildman–Crippen LogP) is 2.21. The van der Waals surface area contributed by atoms with Crippen LogP contribution >= 0.6 is 0 Å². The lowest BCUT2D eigenvalue weighted by Gasteiger charge is -2.19. The van der Waals surface area contributed by atoms with Gasteiger partial charge in [-0.25, -0.2) is 0 Å². The molecule has 3 heteroatoms. The Labute approximate surface area is 104 Å². The standard InChI is InChI=1S/C14H24O3/c1-3-4-5-7-14(2,17)8-6-11-9-12(15)10-13(11)16/h6,8,11,13,16-17H,3-5,7,9-10H2,1-2H3/b8-6+/t11-,13?,14-/m1/s1. The van der Waals surface area contributed by atoms with E-state index in [1.807, 2.05) is 6.08 Å². The molecular formula is C14H24O3. The summed E-state index contributed by atoms with van der Waals surface area (Å²) in [6, 6.07) is 0. The molecule has 0 saturated heterocycles. The van der Waals surface area contributed by atoms with Crippen molar-refractivity contribution in [2.45, 2.75) is 64.1 Å². The van der Waals surface area contributed by atoms with Gasteiger partial charge in [0.1, 0.15) is 5.78 Å². The number of unbranched alkanes of at least 4 members (excludes halogenated alkanes) is 2. The number of carbonyl (C=O) groups is 1. The Kier molecular flexibility index (Phi) is 5.34. The van der Waals surface area contributed by atoms with Crippen molar-refractivity contribution in [2.75, 3.05) is 0 Å². The summed E-state index contributed by atoms with van der Waals surface area (Å²) in [6.07, 6.45) is 7.63. The molecule has 17 heavy (non-hydrogen) atoms.